The number of halogens is 3. The third kappa shape index (κ3) is 7.24. The zero-order valence-corrected chi connectivity index (χ0v) is 29.8. The van der Waals surface area contributed by atoms with Gasteiger partial charge in [0.2, 0.25) is 0 Å². The van der Waals surface area contributed by atoms with E-state index < -0.39 is 23.8 Å². The van der Waals surface area contributed by atoms with Crippen LogP contribution in [0, 0.1) is 29.9 Å². The van der Waals surface area contributed by atoms with Gasteiger partial charge in [0.1, 0.15) is 34.8 Å². The molecule has 0 radical (unpaired) electrons. The number of anilines is 1. The van der Waals surface area contributed by atoms with Crippen molar-refractivity contribution in [3.8, 4) is 35.4 Å². The van der Waals surface area contributed by atoms with Crippen LogP contribution in [0.15, 0.2) is 30.5 Å². The van der Waals surface area contributed by atoms with Crippen LogP contribution in [-0.4, -0.2) is 96.6 Å². The lowest BCUT2D eigenvalue weighted by molar-refractivity contribution is -0.136. The number of aromatic nitrogens is 3. The molecule has 10 nitrogen and oxygen atoms in total. The summed E-state index contributed by atoms with van der Waals surface area (Å²) in [6, 6.07) is 7.11. The summed E-state index contributed by atoms with van der Waals surface area (Å²) in [5, 5.41) is 4.78. The fourth-order valence-electron chi connectivity index (χ4n) is 8.70. The number of fused-ring (bicyclic) bond motifs is 5. The quantitative estimate of drug-likeness (QED) is 0.145. The van der Waals surface area contributed by atoms with Crippen molar-refractivity contribution in [2.75, 3.05) is 51.4 Å². The van der Waals surface area contributed by atoms with Gasteiger partial charge in [0.15, 0.2) is 5.82 Å². The maximum absolute atomic E-state index is 16.6. The van der Waals surface area contributed by atoms with Crippen LogP contribution in [0.4, 0.5) is 19.0 Å². The number of rotatable bonds is 6. The molecule has 4 aromatic rings. The van der Waals surface area contributed by atoms with Crippen molar-refractivity contribution in [1.82, 2.24) is 25.2 Å². The van der Waals surface area contributed by atoms with E-state index in [1.54, 1.807) is 6.07 Å². The largest absolute Gasteiger partial charge is 0.467 e. The average molecular weight is 729 g/mol. The molecule has 4 atom stereocenters. The number of hydrogen-bond donors (Lipinski definition) is 1. The molecule has 0 spiro atoms. The Hall–Kier alpha value is -4.51. The Morgan fingerprint density at radius 3 is 2.60 bits per heavy atom. The predicted octanol–water partition coefficient (Wildman–Crippen LogP) is 5.97. The molecule has 7 heterocycles. The zero-order chi connectivity index (χ0) is 36.6. The van der Waals surface area contributed by atoms with E-state index in [9.17, 15) is 13.6 Å². The maximum Gasteiger partial charge on any atom is 0.318 e. The number of ether oxygens (including phenoxy) is 3. The van der Waals surface area contributed by atoms with E-state index in [0.717, 1.165) is 38.6 Å². The molecule has 0 saturated carbocycles. The molecule has 5 saturated heterocycles. The minimum atomic E-state index is -0.748. The minimum Gasteiger partial charge on any atom is -0.467 e. The monoisotopic (exact) mass is 728 g/mol. The van der Waals surface area contributed by atoms with Crippen molar-refractivity contribution in [3.63, 3.8) is 0 Å². The van der Waals surface area contributed by atoms with Crippen LogP contribution in [0.2, 0.25) is 0 Å². The molecule has 13 heteroatoms. The molecule has 0 aliphatic carbocycles. The van der Waals surface area contributed by atoms with E-state index in [1.165, 1.54) is 44.3 Å². The zero-order valence-electron chi connectivity index (χ0n) is 29.8. The predicted molar refractivity (Wildman–Crippen MR) is 195 cm³/mol. The third-order valence-electron chi connectivity index (χ3n) is 11.3. The highest BCUT2D eigenvalue weighted by Gasteiger charge is 2.36. The van der Waals surface area contributed by atoms with E-state index in [1.807, 2.05) is 0 Å². The number of nitrogens with one attached hydrogen (secondary N) is 1. The number of carbonyl (C=O) groups is 1. The number of esters is 1. The Morgan fingerprint density at radius 1 is 1.08 bits per heavy atom. The fourth-order valence-corrected chi connectivity index (χ4v) is 8.70. The van der Waals surface area contributed by atoms with Gasteiger partial charge in [-0.25, -0.2) is 13.2 Å². The lowest BCUT2D eigenvalue weighted by Gasteiger charge is -2.34. The van der Waals surface area contributed by atoms with Crippen molar-refractivity contribution >= 4 is 33.5 Å². The first-order valence-electron chi connectivity index (χ1n) is 18.6. The van der Waals surface area contributed by atoms with Gasteiger partial charge in [-0.15, -0.1) is 6.42 Å². The summed E-state index contributed by atoms with van der Waals surface area (Å²) < 4.78 is 60.7. The number of alkyl halides is 1. The van der Waals surface area contributed by atoms with Gasteiger partial charge in [-0.3, -0.25) is 14.7 Å². The lowest BCUT2D eigenvalue weighted by atomic mass is 9.95. The number of benzene rings is 2. The van der Waals surface area contributed by atoms with Crippen molar-refractivity contribution in [3.05, 3.63) is 47.7 Å². The summed E-state index contributed by atoms with van der Waals surface area (Å²) in [6.07, 6.45) is 14.0. The first kappa shape index (κ1) is 35.5. The van der Waals surface area contributed by atoms with Crippen LogP contribution in [0.25, 0.3) is 32.9 Å². The van der Waals surface area contributed by atoms with Gasteiger partial charge in [-0.05, 0) is 81.0 Å². The van der Waals surface area contributed by atoms with E-state index in [-0.39, 0.29) is 51.8 Å². The Balaban J connectivity index is 0.000000386. The summed E-state index contributed by atoms with van der Waals surface area (Å²) in [7, 11) is 1.43. The number of hydrogen-bond acceptors (Lipinski definition) is 10. The molecule has 5 aliphatic rings. The van der Waals surface area contributed by atoms with Crippen LogP contribution in [0.5, 0.6) is 11.8 Å². The minimum absolute atomic E-state index is 0.0106. The maximum atomic E-state index is 16.6. The van der Waals surface area contributed by atoms with Gasteiger partial charge in [0.05, 0.1) is 18.1 Å². The number of piperazine rings is 1. The van der Waals surface area contributed by atoms with Crippen molar-refractivity contribution in [1.29, 1.82) is 0 Å². The third-order valence-corrected chi connectivity index (χ3v) is 11.3. The molecule has 278 valence electrons. The summed E-state index contributed by atoms with van der Waals surface area (Å²) in [6.45, 7) is 4.50. The highest BCUT2D eigenvalue weighted by atomic mass is 19.1. The van der Waals surface area contributed by atoms with Gasteiger partial charge >= 0.3 is 12.0 Å². The number of carbonyl (C=O) groups excluding carboxylic acids is 1. The van der Waals surface area contributed by atoms with Crippen LogP contribution >= 0.6 is 0 Å². The SMILES string of the molecule is C#Cc1c(F)ccc2cc(OC(=O)CC3CCOCC3)cc(-c3ncc4c(N5CC6CCC(C5)N6)nc(OC)nc4c3F)c12.F[C@@H]1CC2CCCN2C1. The average Bonchev–Trinajstić information content (AvgIpc) is 3.85. The van der Waals surface area contributed by atoms with Crippen LogP contribution < -0.4 is 19.7 Å². The normalized spacial score (nSPS) is 24.2. The standard InChI is InChI=1S/C33H31F2N5O4.C7H12FN/c1-3-23-26(34)7-4-19-13-22(44-27(41)12-18-8-10-43-11-9-18)14-24(28(19)23)30-29(35)31-25(15-36-30)32(39-33(38-31)42-2)40-16-20-5-6-21(17-40)37-20;8-6-4-7-2-1-3-9(7)5-6/h1,4,7,13-15,18,20-21,37H,5-6,8-12,16-17H2,2H3;6-7H,1-5H2/t;6-,7?/m.1/s1. The molecule has 2 aromatic heterocycles. The molecule has 9 rings (SSSR count). The van der Waals surface area contributed by atoms with E-state index >= 15 is 4.39 Å². The van der Waals surface area contributed by atoms with E-state index in [0.29, 0.717) is 67.6 Å². The summed E-state index contributed by atoms with van der Waals surface area (Å²) >= 11 is 0. The number of terminal acetylenes is 1. The highest BCUT2D eigenvalue weighted by Crippen LogP contribution is 2.40. The van der Waals surface area contributed by atoms with Crippen LogP contribution in [-0.2, 0) is 9.53 Å². The number of nitrogens with zero attached hydrogens (tertiary/aromatic N) is 5. The van der Waals surface area contributed by atoms with Gasteiger partial charge in [0, 0.05) is 74.5 Å². The van der Waals surface area contributed by atoms with Crippen LogP contribution in [0.1, 0.15) is 56.9 Å². The summed E-state index contributed by atoms with van der Waals surface area (Å²) in [4.78, 5) is 30.8. The molecule has 0 amide bonds. The lowest BCUT2D eigenvalue weighted by Crippen LogP contribution is -2.51. The smallest absolute Gasteiger partial charge is 0.318 e. The van der Waals surface area contributed by atoms with Gasteiger partial charge in [-0.1, -0.05) is 12.0 Å². The first-order valence-corrected chi connectivity index (χ1v) is 18.6. The van der Waals surface area contributed by atoms with Gasteiger partial charge in [-0.2, -0.15) is 9.97 Å². The molecule has 2 aromatic carbocycles. The van der Waals surface area contributed by atoms with E-state index in [4.69, 9.17) is 20.6 Å². The number of methoxy groups -OCH3 is 1. The Labute approximate surface area is 306 Å². The fraction of sp³-hybridized carbons (Fsp3) is 0.500. The highest BCUT2D eigenvalue weighted by molar-refractivity contribution is 6.03. The number of pyridine rings is 1. The molecule has 3 unspecified atom stereocenters. The molecule has 5 fully saturated rings. The second kappa shape index (κ2) is 15.1. The second-order valence-corrected chi connectivity index (χ2v) is 14.8. The topological polar surface area (TPSA) is 102 Å². The summed E-state index contributed by atoms with van der Waals surface area (Å²) in [5.74, 6) is 1.48. The van der Waals surface area contributed by atoms with Crippen molar-refractivity contribution in [2.45, 2.75) is 75.7 Å². The molecule has 5 aliphatic heterocycles. The van der Waals surface area contributed by atoms with Crippen molar-refractivity contribution in [2.24, 2.45) is 5.92 Å². The molecule has 1 N–H and O–H groups in total. The molecular weight excluding hydrogens is 685 g/mol. The Morgan fingerprint density at radius 2 is 1.87 bits per heavy atom. The molecule has 2 bridgehead atoms. The Bertz CT molecular complexity index is 2050. The van der Waals surface area contributed by atoms with Gasteiger partial charge < -0.3 is 24.4 Å². The first-order chi connectivity index (χ1) is 25.8. The van der Waals surface area contributed by atoms with E-state index in [2.05, 4.69) is 36.0 Å². The Kier molecular flexibility index (Phi) is 10.1. The second-order valence-electron chi connectivity index (χ2n) is 14.8. The van der Waals surface area contributed by atoms with Gasteiger partial charge in [0.25, 0.3) is 0 Å². The molecular formula is C40H43F3N6O4. The van der Waals surface area contributed by atoms with Crippen LogP contribution in [0.3, 0.4) is 0 Å². The molecule has 53 heavy (non-hydrogen) atoms. The summed E-state index contributed by atoms with van der Waals surface area (Å²) in [5.41, 5.74) is 0.0363. The van der Waals surface area contributed by atoms with Crippen molar-refractivity contribution < 1.29 is 32.2 Å².